The smallest absolute Gasteiger partial charge is 0.413 e. The van der Waals surface area contributed by atoms with Crippen LogP contribution in [0.15, 0.2) is 53.9 Å². The quantitative estimate of drug-likeness (QED) is 0.609. The lowest BCUT2D eigenvalue weighted by Crippen LogP contribution is -2.32. The number of nitrogens with zero attached hydrogens (tertiary/aromatic N) is 2. The summed E-state index contributed by atoms with van der Waals surface area (Å²) in [5.41, 5.74) is 4.56. The van der Waals surface area contributed by atoms with Crippen LogP contribution in [-0.4, -0.2) is 53.2 Å². The molecule has 1 aliphatic carbocycles. The first-order valence-electron chi connectivity index (χ1n) is 9.49. The van der Waals surface area contributed by atoms with Crippen molar-refractivity contribution in [3.8, 4) is 11.1 Å². The molecule has 2 aromatic carbocycles. The van der Waals surface area contributed by atoms with Gasteiger partial charge in [-0.25, -0.2) is 9.78 Å². The van der Waals surface area contributed by atoms with Crippen molar-refractivity contribution in [3.05, 3.63) is 70.7 Å². The van der Waals surface area contributed by atoms with Crippen LogP contribution in [0.3, 0.4) is 0 Å². The Morgan fingerprint density at radius 1 is 1.10 bits per heavy atom. The molecule has 31 heavy (non-hydrogen) atoms. The van der Waals surface area contributed by atoms with Gasteiger partial charge in [-0.3, -0.25) is 14.9 Å². The van der Waals surface area contributed by atoms with Gasteiger partial charge in [0.2, 0.25) is 0 Å². The van der Waals surface area contributed by atoms with Crippen LogP contribution in [0.25, 0.3) is 11.1 Å². The van der Waals surface area contributed by atoms with E-state index in [1.807, 2.05) is 36.4 Å². The summed E-state index contributed by atoms with van der Waals surface area (Å²) in [6, 6.07) is 16.1. The van der Waals surface area contributed by atoms with E-state index < -0.39 is 24.5 Å². The van der Waals surface area contributed by atoms with Crippen LogP contribution in [0.1, 0.15) is 27.5 Å². The Balaban J connectivity index is 1.39. The third kappa shape index (κ3) is 4.26. The third-order valence-electron chi connectivity index (χ3n) is 5.00. The lowest BCUT2D eigenvalue weighted by molar-refractivity contribution is -0.137. The van der Waals surface area contributed by atoms with E-state index in [1.54, 1.807) is 0 Å². The van der Waals surface area contributed by atoms with Crippen molar-refractivity contribution in [2.45, 2.75) is 5.92 Å². The van der Waals surface area contributed by atoms with E-state index in [1.165, 1.54) is 12.4 Å². The van der Waals surface area contributed by atoms with Gasteiger partial charge in [-0.05, 0) is 22.3 Å². The normalized spacial score (nSPS) is 12.0. The van der Waals surface area contributed by atoms with E-state index in [4.69, 9.17) is 9.84 Å². The summed E-state index contributed by atoms with van der Waals surface area (Å²) in [5, 5.41) is 13.0. The van der Waals surface area contributed by atoms with Crippen molar-refractivity contribution in [3.63, 3.8) is 0 Å². The lowest BCUT2D eigenvalue weighted by Gasteiger charge is -2.14. The molecule has 0 radical (unpaired) electrons. The van der Waals surface area contributed by atoms with Crippen LogP contribution >= 0.6 is 11.3 Å². The van der Waals surface area contributed by atoms with Crippen LogP contribution in [0.2, 0.25) is 0 Å². The molecule has 0 aliphatic heterocycles. The molecule has 1 heterocycles. The number of aliphatic carboxylic acids is 1. The van der Waals surface area contributed by atoms with Crippen LogP contribution in [-0.2, 0) is 9.53 Å². The first kappa shape index (κ1) is 20.5. The van der Waals surface area contributed by atoms with E-state index in [9.17, 15) is 14.4 Å². The van der Waals surface area contributed by atoms with Gasteiger partial charge in [0.25, 0.3) is 5.91 Å². The van der Waals surface area contributed by atoms with Crippen LogP contribution in [0, 0.1) is 0 Å². The molecule has 0 saturated carbocycles. The lowest BCUT2D eigenvalue weighted by atomic mass is 9.98. The molecule has 0 unspecified atom stereocenters. The first-order valence-corrected chi connectivity index (χ1v) is 10.4. The number of thiazole rings is 1. The number of carbonyl (C=O) groups excluding carboxylic acids is 2. The Morgan fingerprint density at radius 2 is 1.71 bits per heavy atom. The van der Waals surface area contributed by atoms with Gasteiger partial charge in [0.05, 0.1) is 0 Å². The predicted octanol–water partition coefficient (Wildman–Crippen LogP) is 3.66. The number of likely N-dealkylation sites (N-methyl/N-ethyl adjacent to an activating group) is 1. The van der Waals surface area contributed by atoms with Gasteiger partial charge in [0, 0.05) is 18.3 Å². The topological polar surface area (TPSA) is 109 Å². The van der Waals surface area contributed by atoms with E-state index in [-0.39, 0.29) is 23.4 Å². The molecule has 158 valence electrons. The van der Waals surface area contributed by atoms with Gasteiger partial charge >= 0.3 is 12.1 Å². The highest BCUT2D eigenvalue weighted by Gasteiger charge is 2.29. The molecule has 0 bridgehead atoms. The zero-order chi connectivity index (χ0) is 22.0. The monoisotopic (exact) mass is 437 g/mol. The standard InChI is InChI=1S/C22H19N3O5S/c1-25(10-19(26)27)20(28)18-12-31-21(23-18)24-22(29)30-11-17-15-8-4-2-6-13(15)14-7-3-5-9-16(14)17/h2-9,12,17H,10-11H2,1H3,(H,26,27)(H,23,24,29). The highest BCUT2D eigenvalue weighted by atomic mass is 32.1. The number of aromatic nitrogens is 1. The number of fused-ring (bicyclic) bond motifs is 3. The third-order valence-corrected chi connectivity index (χ3v) is 5.75. The maximum absolute atomic E-state index is 12.3. The maximum atomic E-state index is 12.3. The number of hydrogen-bond acceptors (Lipinski definition) is 6. The van der Waals surface area contributed by atoms with Crippen molar-refractivity contribution < 1.29 is 24.2 Å². The molecule has 0 atom stereocenters. The van der Waals surface area contributed by atoms with E-state index in [0.717, 1.165) is 38.5 Å². The molecule has 9 heteroatoms. The van der Waals surface area contributed by atoms with Crippen LogP contribution in [0.5, 0.6) is 0 Å². The Kier molecular flexibility index (Phi) is 5.68. The van der Waals surface area contributed by atoms with Gasteiger partial charge in [-0.15, -0.1) is 11.3 Å². The Bertz CT molecular complexity index is 1110. The van der Waals surface area contributed by atoms with E-state index in [0.29, 0.717) is 0 Å². The second-order valence-electron chi connectivity index (χ2n) is 7.04. The molecule has 1 aliphatic rings. The summed E-state index contributed by atoms with van der Waals surface area (Å²) in [6.45, 7) is -0.274. The highest BCUT2D eigenvalue weighted by Crippen LogP contribution is 2.44. The minimum absolute atomic E-state index is 0.0581. The Morgan fingerprint density at radius 3 is 2.32 bits per heavy atom. The summed E-state index contributed by atoms with van der Waals surface area (Å²) >= 11 is 1.06. The summed E-state index contributed by atoms with van der Waals surface area (Å²) < 4.78 is 5.46. The Labute approximate surface area is 182 Å². The van der Waals surface area contributed by atoms with Crippen molar-refractivity contribution in [1.29, 1.82) is 0 Å². The molecule has 1 aromatic heterocycles. The fourth-order valence-corrected chi connectivity index (χ4v) is 4.29. The van der Waals surface area contributed by atoms with E-state index in [2.05, 4.69) is 22.4 Å². The number of nitrogens with one attached hydrogen (secondary N) is 1. The fraction of sp³-hybridized carbons (Fsp3) is 0.182. The van der Waals surface area contributed by atoms with Crippen molar-refractivity contribution in [2.75, 3.05) is 25.5 Å². The summed E-state index contributed by atoms with van der Waals surface area (Å²) in [7, 11) is 1.37. The first-order chi connectivity index (χ1) is 14.9. The largest absolute Gasteiger partial charge is 0.480 e. The molecule has 0 saturated heterocycles. The zero-order valence-corrected chi connectivity index (χ0v) is 17.4. The number of benzene rings is 2. The van der Waals surface area contributed by atoms with Gasteiger partial charge in [0.1, 0.15) is 18.8 Å². The number of rotatable bonds is 6. The Hall–Kier alpha value is -3.72. The van der Waals surface area contributed by atoms with Crippen LogP contribution < -0.4 is 5.32 Å². The average Bonchev–Trinajstić information content (AvgIpc) is 3.34. The van der Waals surface area contributed by atoms with Gasteiger partial charge in [-0.1, -0.05) is 48.5 Å². The molecule has 0 spiro atoms. The van der Waals surface area contributed by atoms with Gasteiger partial charge in [0.15, 0.2) is 5.13 Å². The molecule has 2 N–H and O–H groups in total. The van der Waals surface area contributed by atoms with E-state index >= 15 is 0 Å². The zero-order valence-electron chi connectivity index (χ0n) is 16.6. The summed E-state index contributed by atoms with van der Waals surface area (Å²) in [6.07, 6.45) is -0.672. The fourth-order valence-electron chi connectivity index (χ4n) is 3.62. The minimum atomic E-state index is -1.12. The van der Waals surface area contributed by atoms with Crippen LogP contribution in [0.4, 0.5) is 9.93 Å². The maximum Gasteiger partial charge on any atom is 0.413 e. The second kappa shape index (κ2) is 8.57. The summed E-state index contributed by atoms with van der Waals surface area (Å²) in [4.78, 5) is 40.3. The molecular formula is C22H19N3O5S. The molecule has 4 rings (SSSR count). The number of carbonyl (C=O) groups is 3. The number of anilines is 1. The molecule has 2 amide bonds. The number of ether oxygens (including phenoxy) is 1. The SMILES string of the molecule is CN(CC(=O)O)C(=O)c1csc(NC(=O)OCC2c3ccccc3-c3ccccc32)n1. The van der Waals surface area contributed by atoms with Crippen molar-refractivity contribution >= 4 is 34.4 Å². The summed E-state index contributed by atoms with van der Waals surface area (Å²) in [5.74, 6) is -1.72. The number of hydrogen-bond donors (Lipinski definition) is 2. The second-order valence-corrected chi connectivity index (χ2v) is 7.90. The number of carboxylic acid groups (broad SMARTS) is 1. The molecule has 0 fully saturated rings. The highest BCUT2D eigenvalue weighted by molar-refractivity contribution is 7.14. The number of amides is 2. The van der Waals surface area contributed by atoms with Crippen molar-refractivity contribution in [2.24, 2.45) is 0 Å². The average molecular weight is 437 g/mol. The molecule has 8 nitrogen and oxygen atoms in total. The predicted molar refractivity (Wildman–Crippen MR) is 115 cm³/mol. The van der Waals surface area contributed by atoms with Gasteiger partial charge < -0.3 is 14.7 Å². The van der Waals surface area contributed by atoms with Gasteiger partial charge in [-0.2, -0.15) is 0 Å². The molecule has 3 aromatic rings. The van der Waals surface area contributed by atoms with Crippen molar-refractivity contribution in [1.82, 2.24) is 9.88 Å². The molecular weight excluding hydrogens is 418 g/mol. The number of carboxylic acids is 1. The minimum Gasteiger partial charge on any atom is -0.480 e.